The highest BCUT2D eigenvalue weighted by Crippen LogP contribution is 2.53. The number of carbonyl (C=O) groups excluding carboxylic acids is 4. The van der Waals surface area contributed by atoms with E-state index in [0.29, 0.717) is 5.69 Å². The van der Waals surface area contributed by atoms with E-state index in [1.165, 1.54) is 14.7 Å². The highest BCUT2D eigenvalue weighted by atomic mass is 16.3. The van der Waals surface area contributed by atoms with Gasteiger partial charge in [-0.15, -0.1) is 0 Å². The Bertz CT molecular complexity index is 1480. The van der Waals surface area contributed by atoms with Crippen LogP contribution in [0.1, 0.15) is 11.1 Å². The summed E-state index contributed by atoms with van der Waals surface area (Å²) in [6.45, 7) is -0.591. The van der Waals surface area contributed by atoms with Crippen molar-refractivity contribution in [2.75, 3.05) is 24.6 Å². The van der Waals surface area contributed by atoms with Crippen molar-refractivity contribution in [3.8, 4) is 0 Å². The number of carbonyl (C=O) groups is 4. The smallest absolute Gasteiger partial charge is 0.250 e. The Morgan fingerprint density at radius 3 is 2.10 bits per heavy atom. The first-order valence-electron chi connectivity index (χ1n) is 13.4. The van der Waals surface area contributed by atoms with Crippen LogP contribution in [-0.2, 0) is 25.6 Å². The van der Waals surface area contributed by atoms with Crippen molar-refractivity contribution in [3.05, 3.63) is 108 Å². The lowest BCUT2D eigenvalue weighted by molar-refractivity contribution is -0.167. The van der Waals surface area contributed by atoms with Crippen molar-refractivity contribution in [2.24, 2.45) is 11.8 Å². The van der Waals surface area contributed by atoms with Crippen LogP contribution < -0.4 is 4.90 Å². The zero-order chi connectivity index (χ0) is 27.9. The van der Waals surface area contributed by atoms with Crippen LogP contribution in [0.25, 0.3) is 6.08 Å². The molecule has 4 amide bonds. The summed E-state index contributed by atoms with van der Waals surface area (Å²) in [6, 6.07) is 26.6. The highest BCUT2D eigenvalue weighted by Gasteiger charge is 2.74. The van der Waals surface area contributed by atoms with Gasteiger partial charge >= 0.3 is 0 Å². The number of rotatable bonds is 7. The number of amides is 4. The van der Waals surface area contributed by atoms with Crippen molar-refractivity contribution >= 4 is 35.4 Å². The SMILES string of the molecule is O=C1C2C(C=Cc3ccccc3)N3C(=O)CN(CCO)C(=O)[C@@]3(Cc3ccccc3)C2C(=O)N1c1ccccc1. The molecule has 40 heavy (non-hydrogen) atoms. The molecule has 4 atom stereocenters. The van der Waals surface area contributed by atoms with Crippen molar-refractivity contribution in [1.29, 1.82) is 0 Å². The minimum Gasteiger partial charge on any atom is -0.395 e. The molecule has 1 N–H and O–H groups in total. The Morgan fingerprint density at radius 2 is 1.45 bits per heavy atom. The Morgan fingerprint density at radius 1 is 0.825 bits per heavy atom. The Labute approximate surface area is 232 Å². The number of anilines is 1. The lowest BCUT2D eigenvalue weighted by Crippen LogP contribution is -2.71. The van der Waals surface area contributed by atoms with E-state index >= 15 is 0 Å². The largest absolute Gasteiger partial charge is 0.395 e. The van der Waals surface area contributed by atoms with Crippen LogP contribution in [0.15, 0.2) is 97.1 Å². The topological polar surface area (TPSA) is 98.2 Å². The molecule has 3 aromatic carbocycles. The first-order valence-corrected chi connectivity index (χ1v) is 13.4. The fraction of sp³-hybridized carbons (Fsp3) is 0.250. The van der Waals surface area contributed by atoms with Gasteiger partial charge < -0.3 is 14.9 Å². The van der Waals surface area contributed by atoms with Crippen molar-refractivity contribution in [1.82, 2.24) is 9.80 Å². The summed E-state index contributed by atoms with van der Waals surface area (Å²) in [5.41, 5.74) is 0.442. The molecule has 3 heterocycles. The maximum absolute atomic E-state index is 14.4. The maximum Gasteiger partial charge on any atom is 0.250 e. The lowest BCUT2D eigenvalue weighted by Gasteiger charge is -2.48. The lowest BCUT2D eigenvalue weighted by atomic mass is 9.74. The molecule has 0 spiro atoms. The molecule has 0 aliphatic carbocycles. The zero-order valence-electron chi connectivity index (χ0n) is 21.8. The molecular weight excluding hydrogens is 506 g/mol. The molecule has 0 aromatic heterocycles. The molecule has 3 aromatic rings. The number of hydrogen-bond acceptors (Lipinski definition) is 5. The van der Waals surface area contributed by atoms with E-state index in [9.17, 15) is 24.3 Å². The van der Waals surface area contributed by atoms with Gasteiger partial charge in [0, 0.05) is 13.0 Å². The van der Waals surface area contributed by atoms with Gasteiger partial charge in [0.15, 0.2) is 0 Å². The van der Waals surface area contributed by atoms with Crippen LogP contribution in [0.4, 0.5) is 5.69 Å². The van der Waals surface area contributed by atoms with E-state index in [4.69, 9.17) is 0 Å². The summed E-state index contributed by atoms with van der Waals surface area (Å²) >= 11 is 0. The maximum atomic E-state index is 14.4. The van der Waals surface area contributed by atoms with E-state index in [-0.39, 0.29) is 32.0 Å². The number of β-amino-alcohol motifs (C(OH)–C–C–N with tert-alkyl or cyclic N) is 1. The number of aliphatic hydroxyl groups excluding tert-OH is 1. The third kappa shape index (κ3) is 3.95. The molecule has 8 heteroatoms. The quantitative estimate of drug-likeness (QED) is 0.469. The monoisotopic (exact) mass is 535 g/mol. The molecule has 6 rings (SSSR count). The van der Waals surface area contributed by atoms with Crippen molar-refractivity contribution < 1.29 is 24.3 Å². The molecule has 3 aliphatic heterocycles. The predicted molar refractivity (Wildman–Crippen MR) is 149 cm³/mol. The summed E-state index contributed by atoms with van der Waals surface area (Å²) in [5.74, 6) is -3.74. The predicted octanol–water partition coefficient (Wildman–Crippen LogP) is 2.53. The summed E-state index contributed by atoms with van der Waals surface area (Å²) in [7, 11) is 0. The second-order valence-electron chi connectivity index (χ2n) is 10.4. The number of aliphatic hydroxyl groups is 1. The van der Waals surface area contributed by atoms with Crippen LogP contribution >= 0.6 is 0 Å². The summed E-state index contributed by atoms with van der Waals surface area (Å²) in [4.78, 5) is 60.8. The third-order valence-electron chi connectivity index (χ3n) is 8.20. The molecule has 3 aliphatic rings. The molecule has 0 bridgehead atoms. The second-order valence-corrected chi connectivity index (χ2v) is 10.4. The minimum absolute atomic E-state index is 0.0403. The van der Waals surface area contributed by atoms with Gasteiger partial charge in [0.25, 0.3) is 0 Å². The van der Waals surface area contributed by atoms with Gasteiger partial charge in [-0.05, 0) is 23.3 Å². The average Bonchev–Trinajstić information content (AvgIpc) is 3.42. The standard InChI is InChI=1S/C32H29N3O5/c36-19-18-33-21-26(37)35-25(17-16-22-10-4-1-5-11-22)27-28(30(39)34(29(27)38)24-14-8-3-9-15-24)32(35,31(33)40)20-23-12-6-2-7-13-23/h1-17,25,27-28,36H,18-21H2/t25?,27?,28?,32-/m1/s1. The van der Waals surface area contributed by atoms with Crippen LogP contribution in [0, 0.1) is 11.8 Å². The van der Waals surface area contributed by atoms with Gasteiger partial charge in [-0.25, -0.2) is 4.90 Å². The molecule has 202 valence electrons. The van der Waals surface area contributed by atoms with Crippen LogP contribution in [0.3, 0.4) is 0 Å². The van der Waals surface area contributed by atoms with Crippen LogP contribution in [0.5, 0.6) is 0 Å². The normalized spacial score (nSPS) is 26.1. The molecule has 3 fully saturated rings. The van der Waals surface area contributed by atoms with E-state index in [2.05, 4.69) is 0 Å². The third-order valence-corrected chi connectivity index (χ3v) is 8.20. The van der Waals surface area contributed by atoms with Crippen LogP contribution in [0.2, 0.25) is 0 Å². The molecule has 0 saturated carbocycles. The van der Waals surface area contributed by atoms with Crippen molar-refractivity contribution in [2.45, 2.75) is 18.0 Å². The first-order chi connectivity index (χ1) is 19.5. The number of hydrogen-bond donors (Lipinski definition) is 1. The van der Waals surface area contributed by atoms with Gasteiger partial charge in [-0.2, -0.15) is 0 Å². The Kier molecular flexibility index (Phi) is 6.56. The van der Waals surface area contributed by atoms with E-state index in [1.54, 1.807) is 36.4 Å². The number of para-hydroxylation sites is 1. The van der Waals surface area contributed by atoms with E-state index < -0.39 is 41.1 Å². The van der Waals surface area contributed by atoms with Gasteiger partial charge in [-0.1, -0.05) is 91.0 Å². The van der Waals surface area contributed by atoms with E-state index in [0.717, 1.165) is 11.1 Å². The van der Waals surface area contributed by atoms with Gasteiger partial charge in [0.05, 0.1) is 36.7 Å². The number of imide groups is 1. The molecule has 3 unspecified atom stereocenters. The number of benzene rings is 3. The minimum atomic E-state index is -1.63. The van der Waals surface area contributed by atoms with Gasteiger partial charge in [0.1, 0.15) is 5.54 Å². The van der Waals surface area contributed by atoms with E-state index in [1.807, 2.05) is 66.7 Å². The number of fused-ring (bicyclic) bond motifs is 3. The molecule has 8 nitrogen and oxygen atoms in total. The second kappa shape index (κ2) is 10.2. The Balaban J connectivity index is 1.55. The number of nitrogens with zero attached hydrogens (tertiary/aromatic N) is 3. The zero-order valence-corrected chi connectivity index (χ0v) is 21.8. The fourth-order valence-electron chi connectivity index (χ4n) is 6.61. The average molecular weight is 536 g/mol. The molecule has 3 saturated heterocycles. The number of piperazine rings is 1. The summed E-state index contributed by atoms with van der Waals surface area (Å²) in [6.07, 6.45) is 3.69. The van der Waals surface area contributed by atoms with Gasteiger partial charge in [-0.3, -0.25) is 19.2 Å². The first kappa shape index (κ1) is 25.7. The molecular formula is C32H29N3O5. The molecule has 0 radical (unpaired) electrons. The highest BCUT2D eigenvalue weighted by molar-refractivity contribution is 6.25. The fourth-order valence-corrected chi connectivity index (χ4v) is 6.61. The Hall–Kier alpha value is -4.56. The summed E-state index contributed by atoms with van der Waals surface area (Å²) in [5, 5.41) is 9.71. The van der Waals surface area contributed by atoms with Gasteiger partial charge in [0.2, 0.25) is 23.6 Å². The van der Waals surface area contributed by atoms with Crippen LogP contribution in [-0.4, -0.2) is 69.8 Å². The van der Waals surface area contributed by atoms with Crippen molar-refractivity contribution in [3.63, 3.8) is 0 Å². The summed E-state index contributed by atoms with van der Waals surface area (Å²) < 4.78 is 0.